The minimum absolute atomic E-state index is 0.494. The molecule has 0 fully saturated rings. The van der Waals surface area contributed by atoms with E-state index in [1.54, 1.807) is 18.0 Å². The first-order chi connectivity index (χ1) is 12.2. The smallest absolute Gasteiger partial charge is 0.216 e. The number of unbranched alkanes of at least 4 members (excludes halogenated alkanes) is 2. The Labute approximate surface area is 153 Å². The molecule has 0 aliphatic heterocycles. The van der Waals surface area contributed by atoms with E-state index in [1.807, 2.05) is 18.2 Å². The number of ether oxygens (including phenoxy) is 2. The molecule has 0 saturated heterocycles. The molecule has 0 unspecified atom stereocenters. The Morgan fingerprint density at radius 2 is 2.04 bits per heavy atom. The molecule has 0 spiro atoms. The zero-order valence-corrected chi connectivity index (χ0v) is 15.9. The highest BCUT2D eigenvalue weighted by Gasteiger charge is 2.06. The van der Waals surface area contributed by atoms with Crippen LogP contribution in [0.25, 0.3) is 0 Å². The number of hydrogen-bond donors (Lipinski definition) is 1. The van der Waals surface area contributed by atoms with Crippen LogP contribution < -0.4 is 9.47 Å². The van der Waals surface area contributed by atoms with Gasteiger partial charge in [-0.05, 0) is 48.8 Å². The second-order valence-electron chi connectivity index (χ2n) is 5.72. The highest BCUT2D eigenvalue weighted by molar-refractivity contribution is 7.71. The van der Waals surface area contributed by atoms with Crippen LogP contribution in [0.5, 0.6) is 11.5 Å². The molecule has 25 heavy (non-hydrogen) atoms. The van der Waals surface area contributed by atoms with Crippen molar-refractivity contribution in [2.75, 3.05) is 13.7 Å². The molecule has 0 bridgehead atoms. The van der Waals surface area contributed by atoms with Crippen molar-refractivity contribution in [3.8, 4) is 11.5 Å². The Hall–Kier alpha value is -2.15. The summed E-state index contributed by atoms with van der Waals surface area (Å²) in [6.07, 6.45) is 6.85. The number of nitrogens with zero attached hydrogens (tertiary/aromatic N) is 3. The normalized spacial score (nSPS) is 11.2. The van der Waals surface area contributed by atoms with Crippen LogP contribution in [0.15, 0.2) is 23.3 Å². The van der Waals surface area contributed by atoms with Gasteiger partial charge in [-0.2, -0.15) is 14.9 Å². The van der Waals surface area contributed by atoms with Crippen molar-refractivity contribution in [1.82, 2.24) is 14.9 Å². The molecule has 0 amide bonds. The molecule has 1 aromatic carbocycles. The fraction of sp³-hybridized carbons (Fsp3) is 0.500. The van der Waals surface area contributed by atoms with E-state index >= 15 is 0 Å². The van der Waals surface area contributed by atoms with Gasteiger partial charge in [0.2, 0.25) is 4.77 Å². The fourth-order valence-electron chi connectivity index (χ4n) is 2.27. The van der Waals surface area contributed by atoms with Crippen molar-refractivity contribution < 1.29 is 9.47 Å². The Morgan fingerprint density at radius 3 is 2.76 bits per heavy atom. The maximum atomic E-state index is 5.75. The monoisotopic (exact) mass is 362 g/mol. The first kappa shape index (κ1) is 19.2. The molecule has 1 N–H and O–H groups in total. The van der Waals surface area contributed by atoms with Crippen LogP contribution in [0, 0.1) is 4.77 Å². The number of aromatic amines is 1. The maximum absolute atomic E-state index is 5.75. The highest BCUT2D eigenvalue weighted by Crippen LogP contribution is 2.27. The summed E-state index contributed by atoms with van der Waals surface area (Å²) in [6, 6.07) is 5.76. The molecular formula is C18H26N4O2S. The maximum Gasteiger partial charge on any atom is 0.216 e. The molecular weight excluding hydrogens is 336 g/mol. The van der Waals surface area contributed by atoms with Crippen molar-refractivity contribution in [3.63, 3.8) is 0 Å². The van der Waals surface area contributed by atoms with Gasteiger partial charge >= 0.3 is 0 Å². The van der Waals surface area contributed by atoms with E-state index in [1.165, 1.54) is 0 Å². The van der Waals surface area contributed by atoms with Crippen molar-refractivity contribution in [2.45, 2.75) is 46.0 Å². The van der Waals surface area contributed by atoms with Gasteiger partial charge in [-0.3, -0.25) is 5.10 Å². The van der Waals surface area contributed by atoms with Crippen LogP contribution in [0.3, 0.4) is 0 Å². The van der Waals surface area contributed by atoms with E-state index in [9.17, 15) is 0 Å². The minimum Gasteiger partial charge on any atom is -0.493 e. The minimum atomic E-state index is 0.494. The largest absolute Gasteiger partial charge is 0.493 e. The summed E-state index contributed by atoms with van der Waals surface area (Å²) in [5.74, 6) is 2.29. The van der Waals surface area contributed by atoms with Gasteiger partial charge in [-0.15, -0.1) is 0 Å². The van der Waals surface area contributed by atoms with Crippen LogP contribution in [-0.4, -0.2) is 34.8 Å². The standard InChI is InChI=1S/C18H26N4O2S/c1-4-6-8-17-20-21-18(25)22(17)19-13-14-9-10-15(16(12-14)23-3)24-11-7-5-2/h9-10,12-13H,4-8,11H2,1-3H3,(H,21,25)/b19-13+. The molecule has 7 heteroatoms. The van der Waals surface area contributed by atoms with Crippen molar-refractivity contribution in [2.24, 2.45) is 5.10 Å². The molecule has 0 saturated carbocycles. The van der Waals surface area contributed by atoms with Gasteiger partial charge in [0.1, 0.15) is 0 Å². The molecule has 0 atom stereocenters. The number of aryl methyl sites for hydroxylation is 1. The number of nitrogens with one attached hydrogen (secondary N) is 1. The van der Waals surface area contributed by atoms with Gasteiger partial charge in [0.15, 0.2) is 17.3 Å². The van der Waals surface area contributed by atoms with Crippen LogP contribution in [0.1, 0.15) is 50.9 Å². The van der Waals surface area contributed by atoms with Crippen LogP contribution in [-0.2, 0) is 6.42 Å². The molecule has 2 rings (SSSR count). The summed E-state index contributed by atoms with van der Waals surface area (Å²) < 4.78 is 13.3. The molecule has 1 aromatic heterocycles. The first-order valence-corrected chi connectivity index (χ1v) is 9.11. The van der Waals surface area contributed by atoms with Crippen LogP contribution >= 0.6 is 12.2 Å². The van der Waals surface area contributed by atoms with Crippen LogP contribution in [0.4, 0.5) is 0 Å². The summed E-state index contributed by atoms with van der Waals surface area (Å²) in [4.78, 5) is 0. The average molecular weight is 362 g/mol. The lowest BCUT2D eigenvalue weighted by molar-refractivity contribution is 0.288. The Bertz CT molecular complexity index is 752. The Kier molecular flexibility index (Phi) is 7.66. The Morgan fingerprint density at radius 1 is 1.24 bits per heavy atom. The predicted molar refractivity (Wildman–Crippen MR) is 102 cm³/mol. The quantitative estimate of drug-likeness (QED) is 0.388. The van der Waals surface area contributed by atoms with Crippen molar-refractivity contribution >= 4 is 18.4 Å². The van der Waals surface area contributed by atoms with E-state index in [0.29, 0.717) is 17.1 Å². The third-order valence-corrected chi connectivity index (χ3v) is 4.00. The zero-order chi connectivity index (χ0) is 18.1. The third-order valence-electron chi connectivity index (χ3n) is 3.74. The summed E-state index contributed by atoms with van der Waals surface area (Å²) in [6.45, 7) is 4.96. The van der Waals surface area contributed by atoms with Crippen molar-refractivity contribution in [1.29, 1.82) is 0 Å². The van der Waals surface area contributed by atoms with E-state index < -0.39 is 0 Å². The number of aromatic nitrogens is 3. The SMILES string of the molecule is CCCCOc1ccc(/C=N/n2c(CCCC)n[nH]c2=S)cc1OC. The van der Waals surface area contributed by atoms with Gasteiger partial charge in [0.05, 0.1) is 19.9 Å². The lowest BCUT2D eigenvalue weighted by Crippen LogP contribution is -2.01. The number of H-pyrrole nitrogens is 1. The molecule has 2 aromatic rings. The number of methoxy groups -OCH3 is 1. The lowest BCUT2D eigenvalue weighted by atomic mass is 10.2. The molecule has 136 valence electrons. The van der Waals surface area contributed by atoms with Gasteiger partial charge in [0.25, 0.3) is 0 Å². The number of benzene rings is 1. The van der Waals surface area contributed by atoms with E-state index in [2.05, 4.69) is 29.1 Å². The molecule has 0 aliphatic carbocycles. The lowest BCUT2D eigenvalue weighted by Gasteiger charge is -2.10. The number of rotatable bonds is 10. The molecule has 6 nitrogen and oxygen atoms in total. The molecule has 0 radical (unpaired) electrons. The zero-order valence-electron chi connectivity index (χ0n) is 15.1. The molecule has 1 heterocycles. The summed E-state index contributed by atoms with van der Waals surface area (Å²) in [5.41, 5.74) is 0.907. The summed E-state index contributed by atoms with van der Waals surface area (Å²) >= 11 is 5.25. The van der Waals surface area contributed by atoms with E-state index in [4.69, 9.17) is 21.7 Å². The fourth-order valence-corrected chi connectivity index (χ4v) is 2.47. The van der Waals surface area contributed by atoms with E-state index in [-0.39, 0.29) is 0 Å². The van der Waals surface area contributed by atoms with Crippen molar-refractivity contribution in [3.05, 3.63) is 34.4 Å². The van der Waals surface area contributed by atoms with Gasteiger partial charge in [0, 0.05) is 6.42 Å². The van der Waals surface area contributed by atoms with Gasteiger partial charge in [-0.1, -0.05) is 26.7 Å². The average Bonchev–Trinajstić information content (AvgIpc) is 2.98. The highest BCUT2D eigenvalue weighted by atomic mass is 32.1. The molecule has 0 aliphatic rings. The van der Waals surface area contributed by atoms with E-state index in [0.717, 1.165) is 49.2 Å². The van der Waals surface area contributed by atoms with Crippen LogP contribution in [0.2, 0.25) is 0 Å². The topological polar surface area (TPSA) is 64.4 Å². The Balaban J connectivity index is 2.16. The third kappa shape index (κ3) is 5.42. The summed E-state index contributed by atoms with van der Waals surface area (Å²) in [5, 5.41) is 11.5. The number of hydrogen-bond acceptors (Lipinski definition) is 5. The second kappa shape index (κ2) is 9.98. The van der Waals surface area contributed by atoms with Gasteiger partial charge in [-0.25, -0.2) is 0 Å². The van der Waals surface area contributed by atoms with Gasteiger partial charge < -0.3 is 9.47 Å². The predicted octanol–water partition coefficient (Wildman–Crippen LogP) is 4.35. The second-order valence-corrected chi connectivity index (χ2v) is 6.10. The summed E-state index contributed by atoms with van der Waals surface area (Å²) in [7, 11) is 1.64. The first-order valence-electron chi connectivity index (χ1n) is 8.71.